The summed E-state index contributed by atoms with van der Waals surface area (Å²) in [5, 5.41) is 3.30. The van der Waals surface area contributed by atoms with Crippen molar-refractivity contribution in [2.24, 2.45) is 0 Å². The molecule has 1 heterocycles. The second-order valence-electron chi connectivity index (χ2n) is 4.78. The van der Waals surface area contributed by atoms with Crippen LogP contribution in [0.3, 0.4) is 0 Å². The molecule has 6 heteroatoms. The molecule has 0 amide bonds. The fourth-order valence-electron chi connectivity index (χ4n) is 2.24. The van der Waals surface area contributed by atoms with Gasteiger partial charge in [0.2, 0.25) is 0 Å². The van der Waals surface area contributed by atoms with E-state index in [9.17, 15) is 8.42 Å². The van der Waals surface area contributed by atoms with E-state index in [2.05, 4.69) is 5.32 Å². The number of hydrogen-bond donors (Lipinski definition) is 1. The van der Waals surface area contributed by atoms with Crippen LogP contribution in [-0.4, -0.2) is 40.2 Å². The molecule has 0 aromatic heterocycles. The molecule has 20 heavy (non-hydrogen) atoms. The quantitative estimate of drug-likeness (QED) is 0.863. The van der Waals surface area contributed by atoms with Crippen LogP contribution < -0.4 is 14.8 Å². The number of hydrogen-bond acceptors (Lipinski definition) is 5. The van der Waals surface area contributed by atoms with Gasteiger partial charge in [0.15, 0.2) is 9.84 Å². The first kappa shape index (κ1) is 15.1. The Hall–Kier alpha value is -1.27. The third kappa shape index (κ3) is 3.64. The molecule has 0 radical (unpaired) electrons. The number of rotatable bonds is 6. The normalized spacial score (nSPS) is 18.2. The Kier molecular flexibility index (Phi) is 4.88. The van der Waals surface area contributed by atoms with Gasteiger partial charge in [-0.15, -0.1) is 0 Å². The Morgan fingerprint density at radius 3 is 2.95 bits per heavy atom. The van der Waals surface area contributed by atoms with Gasteiger partial charge in [0.1, 0.15) is 11.5 Å². The van der Waals surface area contributed by atoms with Gasteiger partial charge in [-0.25, -0.2) is 8.42 Å². The van der Waals surface area contributed by atoms with Gasteiger partial charge in [-0.3, -0.25) is 0 Å². The SMILES string of the molecule is CCS(=O)(=O)CCNC1CCOc2ccc(OC)cc21. The lowest BCUT2D eigenvalue weighted by Gasteiger charge is -2.27. The highest BCUT2D eigenvalue weighted by atomic mass is 32.2. The number of methoxy groups -OCH3 is 1. The Labute approximate surface area is 120 Å². The van der Waals surface area contributed by atoms with Crippen LogP contribution in [-0.2, 0) is 9.84 Å². The summed E-state index contributed by atoms with van der Waals surface area (Å²) in [5.74, 6) is 1.97. The molecule has 1 aromatic carbocycles. The van der Waals surface area contributed by atoms with E-state index in [0.29, 0.717) is 13.2 Å². The van der Waals surface area contributed by atoms with E-state index >= 15 is 0 Å². The van der Waals surface area contributed by atoms with E-state index in [0.717, 1.165) is 23.5 Å². The molecule has 0 aliphatic carbocycles. The van der Waals surface area contributed by atoms with Crippen molar-refractivity contribution in [3.8, 4) is 11.5 Å². The molecule has 112 valence electrons. The van der Waals surface area contributed by atoms with Crippen molar-refractivity contribution in [3.05, 3.63) is 23.8 Å². The van der Waals surface area contributed by atoms with Gasteiger partial charge in [-0.05, 0) is 18.2 Å². The van der Waals surface area contributed by atoms with Gasteiger partial charge >= 0.3 is 0 Å². The molecule has 5 nitrogen and oxygen atoms in total. The zero-order chi connectivity index (χ0) is 14.6. The minimum Gasteiger partial charge on any atom is -0.497 e. The molecule has 1 atom stereocenters. The molecule has 1 unspecified atom stereocenters. The van der Waals surface area contributed by atoms with Crippen molar-refractivity contribution in [1.82, 2.24) is 5.32 Å². The van der Waals surface area contributed by atoms with Crippen molar-refractivity contribution >= 4 is 9.84 Å². The van der Waals surface area contributed by atoms with Gasteiger partial charge in [-0.1, -0.05) is 6.92 Å². The van der Waals surface area contributed by atoms with Crippen molar-refractivity contribution < 1.29 is 17.9 Å². The summed E-state index contributed by atoms with van der Waals surface area (Å²) in [6.07, 6.45) is 0.826. The minimum atomic E-state index is -2.93. The van der Waals surface area contributed by atoms with Crippen LogP contribution in [0.1, 0.15) is 24.9 Å². The summed E-state index contributed by atoms with van der Waals surface area (Å²) in [5.41, 5.74) is 1.03. The summed E-state index contributed by atoms with van der Waals surface area (Å²) < 4.78 is 33.8. The summed E-state index contributed by atoms with van der Waals surface area (Å²) in [4.78, 5) is 0. The zero-order valence-corrected chi connectivity index (χ0v) is 12.7. The van der Waals surface area contributed by atoms with Crippen molar-refractivity contribution in [1.29, 1.82) is 0 Å². The molecular weight excluding hydrogens is 278 g/mol. The predicted octanol–water partition coefficient (Wildman–Crippen LogP) is 1.54. The monoisotopic (exact) mass is 299 g/mol. The first-order chi connectivity index (χ1) is 9.55. The van der Waals surface area contributed by atoms with Crippen LogP contribution in [0.25, 0.3) is 0 Å². The third-order valence-electron chi connectivity index (χ3n) is 3.50. The maximum Gasteiger partial charge on any atom is 0.151 e. The fraction of sp³-hybridized carbons (Fsp3) is 0.571. The van der Waals surface area contributed by atoms with Crippen LogP contribution >= 0.6 is 0 Å². The van der Waals surface area contributed by atoms with E-state index in [1.807, 2.05) is 18.2 Å². The number of fused-ring (bicyclic) bond motifs is 1. The maximum absolute atomic E-state index is 11.5. The standard InChI is InChI=1S/C14H21NO4S/c1-3-20(16,17)9-7-15-13-6-8-19-14-5-4-11(18-2)10-12(13)14/h4-5,10,13,15H,3,6-9H2,1-2H3. The van der Waals surface area contributed by atoms with Gasteiger partial charge in [0.25, 0.3) is 0 Å². The van der Waals surface area contributed by atoms with E-state index in [1.165, 1.54) is 0 Å². The maximum atomic E-state index is 11.5. The molecule has 1 aliphatic rings. The molecule has 0 saturated heterocycles. The minimum absolute atomic E-state index is 0.112. The lowest BCUT2D eigenvalue weighted by Crippen LogP contribution is -2.31. The molecule has 1 aliphatic heterocycles. The number of benzene rings is 1. The van der Waals surface area contributed by atoms with Gasteiger partial charge in [0.05, 0.1) is 19.5 Å². The summed E-state index contributed by atoms with van der Waals surface area (Å²) >= 11 is 0. The first-order valence-electron chi connectivity index (χ1n) is 6.80. The second-order valence-corrected chi connectivity index (χ2v) is 7.26. The molecule has 1 aromatic rings. The average molecular weight is 299 g/mol. The molecular formula is C14H21NO4S. The molecule has 0 spiro atoms. The fourth-order valence-corrected chi connectivity index (χ4v) is 2.96. The van der Waals surface area contributed by atoms with Crippen molar-refractivity contribution in [2.45, 2.75) is 19.4 Å². The predicted molar refractivity (Wildman–Crippen MR) is 78.2 cm³/mol. The highest BCUT2D eigenvalue weighted by molar-refractivity contribution is 7.91. The van der Waals surface area contributed by atoms with Crippen LogP contribution in [0, 0.1) is 0 Å². The highest BCUT2D eigenvalue weighted by Crippen LogP contribution is 2.34. The van der Waals surface area contributed by atoms with Crippen LogP contribution in [0.15, 0.2) is 18.2 Å². The molecule has 0 bridgehead atoms. The van der Waals surface area contributed by atoms with E-state index in [1.54, 1.807) is 14.0 Å². The van der Waals surface area contributed by atoms with Gasteiger partial charge in [-0.2, -0.15) is 0 Å². The lowest BCUT2D eigenvalue weighted by molar-refractivity contribution is 0.253. The molecule has 0 saturated carbocycles. The summed E-state index contributed by atoms with van der Waals surface area (Å²) in [6.45, 7) is 2.76. The Bertz CT molecular complexity index is 556. The average Bonchev–Trinajstić information content (AvgIpc) is 2.47. The van der Waals surface area contributed by atoms with Crippen LogP contribution in [0.5, 0.6) is 11.5 Å². The van der Waals surface area contributed by atoms with Crippen LogP contribution in [0.2, 0.25) is 0 Å². The molecule has 2 rings (SSSR count). The van der Waals surface area contributed by atoms with Gasteiger partial charge in [0, 0.05) is 30.3 Å². The largest absolute Gasteiger partial charge is 0.497 e. The number of ether oxygens (including phenoxy) is 2. The summed E-state index contributed by atoms with van der Waals surface area (Å²) in [7, 11) is -1.30. The van der Waals surface area contributed by atoms with Gasteiger partial charge < -0.3 is 14.8 Å². The Balaban J connectivity index is 2.04. The van der Waals surface area contributed by atoms with E-state index < -0.39 is 9.84 Å². The lowest BCUT2D eigenvalue weighted by atomic mass is 10.0. The van der Waals surface area contributed by atoms with Crippen molar-refractivity contribution in [2.75, 3.05) is 31.8 Å². The number of sulfone groups is 1. The highest BCUT2D eigenvalue weighted by Gasteiger charge is 2.22. The zero-order valence-electron chi connectivity index (χ0n) is 11.9. The summed E-state index contributed by atoms with van der Waals surface area (Å²) in [6, 6.07) is 5.81. The number of nitrogens with one attached hydrogen (secondary N) is 1. The third-order valence-corrected chi connectivity index (χ3v) is 5.21. The van der Waals surface area contributed by atoms with Crippen LogP contribution in [0.4, 0.5) is 0 Å². The molecule has 0 fully saturated rings. The smallest absolute Gasteiger partial charge is 0.151 e. The molecule has 1 N–H and O–H groups in total. The van der Waals surface area contributed by atoms with E-state index in [4.69, 9.17) is 9.47 Å². The van der Waals surface area contributed by atoms with E-state index in [-0.39, 0.29) is 17.5 Å². The van der Waals surface area contributed by atoms with Crippen molar-refractivity contribution in [3.63, 3.8) is 0 Å². The Morgan fingerprint density at radius 1 is 1.45 bits per heavy atom. The Morgan fingerprint density at radius 2 is 2.25 bits per heavy atom. The topological polar surface area (TPSA) is 64.6 Å². The first-order valence-corrected chi connectivity index (χ1v) is 8.62. The second kappa shape index (κ2) is 6.45.